The molecule has 0 unspecified atom stereocenters. The lowest BCUT2D eigenvalue weighted by Gasteiger charge is -2.06. The Morgan fingerprint density at radius 2 is 1.71 bits per heavy atom. The van der Waals surface area contributed by atoms with Gasteiger partial charge < -0.3 is 9.84 Å². The van der Waals surface area contributed by atoms with Crippen LogP contribution in [-0.2, 0) is 6.61 Å². The Labute approximate surface area is 97.1 Å². The lowest BCUT2D eigenvalue weighted by molar-refractivity contribution is 0.304. The van der Waals surface area contributed by atoms with Crippen molar-refractivity contribution in [2.45, 2.75) is 6.61 Å². The SMILES string of the molecule is Oc1cc(COc2ccc(F)cc2)ccc1F. The van der Waals surface area contributed by atoms with Crippen LogP contribution in [0.25, 0.3) is 0 Å². The van der Waals surface area contributed by atoms with E-state index in [1.54, 1.807) is 0 Å². The highest BCUT2D eigenvalue weighted by Gasteiger charge is 2.02. The van der Waals surface area contributed by atoms with E-state index < -0.39 is 11.6 Å². The van der Waals surface area contributed by atoms with Crippen LogP contribution in [-0.4, -0.2) is 5.11 Å². The molecule has 0 saturated heterocycles. The Kier molecular flexibility index (Phi) is 3.23. The average Bonchev–Trinajstić information content (AvgIpc) is 2.33. The standard InChI is InChI=1S/C13H10F2O2/c14-10-2-4-11(5-3-10)17-8-9-1-6-12(15)13(16)7-9/h1-7,16H,8H2. The van der Waals surface area contributed by atoms with Crippen molar-refractivity contribution in [3.63, 3.8) is 0 Å². The summed E-state index contributed by atoms with van der Waals surface area (Å²) >= 11 is 0. The molecule has 0 fully saturated rings. The summed E-state index contributed by atoms with van der Waals surface area (Å²) < 4.78 is 30.7. The molecule has 0 saturated carbocycles. The number of hydrogen-bond donors (Lipinski definition) is 1. The highest BCUT2D eigenvalue weighted by Crippen LogP contribution is 2.18. The molecule has 0 heterocycles. The first-order valence-corrected chi connectivity index (χ1v) is 5.01. The maximum atomic E-state index is 12.8. The lowest BCUT2D eigenvalue weighted by Crippen LogP contribution is -1.95. The van der Waals surface area contributed by atoms with E-state index in [9.17, 15) is 8.78 Å². The quantitative estimate of drug-likeness (QED) is 0.886. The van der Waals surface area contributed by atoms with E-state index in [0.29, 0.717) is 11.3 Å². The summed E-state index contributed by atoms with van der Waals surface area (Å²) in [5, 5.41) is 9.15. The summed E-state index contributed by atoms with van der Waals surface area (Å²) in [7, 11) is 0. The van der Waals surface area contributed by atoms with E-state index in [1.165, 1.54) is 42.5 Å². The second kappa shape index (κ2) is 4.82. The molecular formula is C13H10F2O2. The van der Waals surface area contributed by atoms with Crippen molar-refractivity contribution in [3.8, 4) is 11.5 Å². The minimum Gasteiger partial charge on any atom is -0.505 e. The van der Waals surface area contributed by atoms with Gasteiger partial charge in [0.2, 0.25) is 0 Å². The summed E-state index contributed by atoms with van der Waals surface area (Å²) in [4.78, 5) is 0. The Balaban J connectivity index is 2.02. The highest BCUT2D eigenvalue weighted by molar-refractivity contribution is 5.29. The van der Waals surface area contributed by atoms with Crippen molar-refractivity contribution < 1.29 is 18.6 Å². The first-order chi connectivity index (χ1) is 8.15. The molecule has 0 spiro atoms. The van der Waals surface area contributed by atoms with E-state index in [0.717, 1.165) is 0 Å². The third kappa shape index (κ3) is 2.93. The van der Waals surface area contributed by atoms with Gasteiger partial charge in [0.15, 0.2) is 11.6 Å². The van der Waals surface area contributed by atoms with Crippen molar-refractivity contribution in [2.75, 3.05) is 0 Å². The highest BCUT2D eigenvalue weighted by atomic mass is 19.1. The van der Waals surface area contributed by atoms with Gasteiger partial charge >= 0.3 is 0 Å². The van der Waals surface area contributed by atoms with Gasteiger partial charge in [0, 0.05) is 0 Å². The molecule has 17 heavy (non-hydrogen) atoms. The molecule has 2 rings (SSSR count). The predicted octanol–water partition coefficient (Wildman–Crippen LogP) is 3.25. The van der Waals surface area contributed by atoms with Gasteiger partial charge in [-0.3, -0.25) is 0 Å². The molecule has 0 atom stereocenters. The van der Waals surface area contributed by atoms with Crippen LogP contribution in [0, 0.1) is 11.6 Å². The number of halogens is 2. The molecule has 0 aliphatic carbocycles. The van der Waals surface area contributed by atoms with Gasteiger partial charge in [-0.1, -0.05) is 6.07 Å². The van der Waals surface area contributed by atoms with E-state index in [4.69, 9.17) is 9.84 Å². The third-order valence-electron chi connectivity index (χ3n) is 2.23. The molecule has 2 aromatic rings. The fourth-order valence-corrected chi connectivity index (χ4v) is 1.35. The van der Waals surface area contributed by atoms with Crippen LogP contribution in [0.4, 0.5) is 8.78 Å². The normalized spacial score (nSPS) is 10.2. The predicted molar refractivity (Wildman–Crippen MR) is 58.8 cm³/mol. The number of rotatable bonds is 3. The number of phenolic OH excluding ortho intramolecular Hbond substituents is 1. The minimum atomic E-state index is -0.671. The largest absolute Gasteiger partial charge is 0.505 e. The molecule has 0 aromatic heterocycles. The smallest absolute Gasteiger partial charge is 0.164 e. The van der Waals surface area contributed by atoms with E-state index in [-0.39, 0.29) is 12.4 Å². The summed E-state index contributed by atoms with van der Waals surface area (Å²) in [5.41, 5.74) is 0.633. The van der Waals surface area contributed by atoms with Gasteiger partial charge in [-0.15, -0.1) is 0 Å². The van der Waals surface area contributed by atoms with Crippen LogP contribution >= 0.6 is 0 Å². The van der Waals surface area contributed by atoms with E-state index >= 15 is 0 Å². The van der Waals surface area contributed by atoms with Crippen LogP contribution in [0.3, 0.4) is 0 Å². The van der Waals surface area contributed by atoms with Crippen molar-refractivity contribution >= 4 is 0 Å². The van der Waals surface area contributed by atoms with Crippen LogP contribution < -0.4 is 4.74 Å². The Morgan fingerprint density at radius 1 is 1.00 bits per heavy atom. The number of aromatic hydroxyl groups is 1. The van der Waals surface area contributed by atoms with Crippen LogP contribution in [0.1, 0.15) is 5.56 Å². The number of benzene rings is 2. The van der Waals surface area contributed by atoms with Crippen molar-refractivity contribution in [1.29, 1.82) is 0 Å². The van der Waals surface area contributed by atoms with Crippen LogP contribution in [0.15, 0.2) is 42.5 Å². The van der Waals surface area contributed by atoms with Gasteiger partial charge in [0.1, 0.15) is 18.2 Å². The summed E-state index contributed by atoms with van der Waals surface area (Å²) in [6.45, 7) is 0.180. The van der Waals surface area contributed by atoms with Crippen molar-refractivity contribution in [2.24, 2.45) is 0 Å². The molecule has 2 aromatic carbocycles. The Bertz CT molecular complexity index is 509. The van der Waals surface area contributed by atoms with Gasteiger partial charge in [-0.2, -0.15) is 0 Å². The second-order valence-electron chi connectivity index (χ2n) is 3.53. The molecule has 88 valence electrons. The van der Waals surface area contributed by atoms with Gasteiger partial charge in [-0.25, -0.2) is 8.78 Å². The van der Waals surface area contributed by atoms with Gasteiger partial charge in [0.05, 0.1) is 0 Å². The fraction of sp³-hybridized carbons (Fsp3) is 0.0769. The average molecular weight is 236 g/mol. The second-order valence-corrected chi connectivity index (χ2v) is 3.53. The molecule has 0 amide bonds. The summed E-state index contributed by atoms with van der Waals surface area (Å²) in [5.74, 6) is -0.910. The molecule has 0 bridgehead atoms. The fourth-order valence-electron chi connectivity index (χ4n) is 1.35. The molecule has 0 aliphatic rings. The third-order valence-corrected chi connectivity index (χ3v) is 2.23. The first-order valence-electron chi connectivity index (χ1n) is 5.01. The number of phenols is 1. The Morgan fingerprint density at radius 3 is 2.35 bits per heavy atom. The van der Waals surface area contributed by atoms with Crippen LogP contribution in [0.5, 0.6) is 11.5 Å². The molecule has 1 N–H and O–H groups in total. The molecule has 2 nitrogen and oxygen atoms in total. The first kappa shape index (κ1) is 11.4. The zero-order chi connectivity index (χ0) is 12.3. The van der Waals surface area contributed by atoms with Crippen molar-refractivity contribution in [1.82, 2.24) is 0 Å². The maximum Gasteiger partial charge on any atom is 0.164 e. The zero-order valence-corrected chi connectivity index (χ0v) is 8.86. The Hall–Kier alpha value is -2.10. The number of ether oxygens (including phenoxy) is 1. The van der Waals surface area contributed by atoms with E-state index in [2.05, 4.69) is 0 Å². The summed E-state index contributed by atoms with van der Waals surface area (Å²) in [6.07, 6.45) is 0. The topological polar surface area (TPSA) is 29.5 Å². The monoisotopic (exact) mass is 236 g/mol. The molecule has 0 radical (unpaired) electrons. The zero-order valence-electron chi connectivity index (χ0n) is 8.86. The minimum absolute atomic E-state index is 0.180. The van der Waals surface area contributed by atoms with E-state index in [1.807, 2.05) is 0 Å². The number of hydrogen-bond acceptors (Lipinski definition) is 2. The summed E-state index contributed by atoms with van der Waals surface area (Å²) in [6, 6.07) is 9.54. The van der Waals surface area contributed by atoms with Gasteiger partial charge in [-0.05, 0) is 42.0 Å². The lowest BCUT2D eigenvalue weighted by atomic mass is 10.2. The van der Waals surface area contributed by atoms with Crippen LogP contribution in [0.2, 0.25) is 0 Å². The molecular weight excluding hydrogens is 226 g/mol. The molecule has 0 aliphatic heterocycles. The van der Waals surface area contributed by atoms with Gasteiger partial charge in [0.25, 0.3) is 0 Å². The van der Waals surface area contributed by atoms with Crippen molar-refractivity contribution in [3.05, 3.63) is 59.7 Å². The maximum absolute atomic E-state index is 12.8. The molecule has 4 heteroatoms.